The molecule has 0 saturated carbocycles. The van der Waals surface area contributed by atoms with E-state index in [9.17, 15) is 9.59 Å². The molecule has 1 amide bonds. The molecule has 3 rings (SSSR count). The van der Waals surface area contributed by atoms with E-state index < -0.39 is 5.97 Å². The van der Waals surface area contributed by atoms with E-state index in [1.165, 1.54) is 4.88 Å². The van der Waals surface area contributed by atoms with Crippen LogP contribution in [-0.2, 0) is 20.7 Å². The smallest absolute Gasteiger partial charge is 0.338 e. The highest BCUT2D eigenvalue weighted by Crippen LogP contribution is 2.17. The quantitative estimate of drug-likeness (QED) is 0.668. The van der Waals surface area contributed by atoms with E-state index in [2.05, 4.69) is 5.32 Å². The van der Waals surface area contributed by atoms with Gasteiger partial charge >= 0.3 is 5.97 Å². The predicted molar refractivity (Wildman–Crippen MR) is 102 cm³/mol. The Hall–Kier alpha value is -2.38. The zero-order valence-corrected chi connectivity index (χ0v) is 15.8. The molecule has 1 aliphatic heterocycles. The van der Waals surface area contributed by atoms with Crippen molar-refractivity contribution in [2.75, 3.05) is 26.4 Å². The van der Waals surface area contributed by atoms with Gasteiger partial charge in [-0.3, -0.25) is 4.79 Å². The lowest BCUT2D eigenvalue weighted by atomic mass is 10.2. The minimum Gasteiger partial charge on any atom is -0.491 e. The Balaban J connectivity index is 1.35. The van der Waals surface area contributed by atoms with Crippen LogP contribution < -0.4 is 10.1 Å². The van der Waals surface area contributed by atoms with Gasteiger partial charge in [0.25, 0.3) is 5.91 Å². The van der Waals surface area contributed by atoms with Crippen LogP contribution in [0.5, 0.6) is 5.75 Å². The van der Waals surface area contributed by atoms with Crippen molar-refractivity contribution in [3.05, 3.63) is 52.2 Å². The minimum absolute atomic E-state index is 0.146. The van der Waals surface area contributed by atoms with Crippen LogP contribution in [0, 0.1) is 0 Å². The molecule has 7 heteroatoms. The normalized spacial score (nSPS) is 16.1. The Kier molecular flexibility index (Phi) is 7.24. The summed E-state index contributed by atoms with van der Waals surface area (Å²) in [6.45, 7) is 1.53. The average molecular weight is 389 g/mol. The van der Waals surface area contributed by atoms with E-state index in [1.54, 1.807) is 35.6 Å². The molecule has 2 aromatic rings. The van der Waals surface area contributed by atoms with Gasteiger partial charge in [-0.05, 0) is 55.0 Å². The first-order valence-electron chi connectivity index (χ1n) is 9.01. The SMILES string of the molecule is O=C(COC(=O)c1ccc(OC[C@H]2CCCO2)cc1)NCCc1cccs1. The maximum absolute atomic E-state index is 12.0. The minimum atomic E-state index is -0.533. The number of nitrogens with one attached hydrogen (secondary N) is 1. The molecule has 2 heterocycles. The molecular formula is C20H23NO5S. The summed E-state index contributed by atoms with van der Waals surface area (Å²) in [6, 6.07) is 10.7. The molecule has 27 heavy (non-hydrogen) atoms. The first-order valence-corrected chi connectivity index (χ1v) is 9.89. The predicted octanol–water partition coefficient (Wildman–Crippen LogP) is 2.82. The Labute approximate surface area is 162 Å². The maximum Gasteiger partial charge on any atom is 0.338 e. The summed E-state index contributed by atoms with van der Waals surface area (Å²) in [7, 11) is 0. The van der Waals surface area contributed by atoms with Gasteiger partial charge in [0.05, 0.1) is 11.7 Å². The van der Waals surface area contributed by atoms with Gasteiger partial charge in [-0.15, -0.1) is 11.3 Å². The molecule has 1 fully saturated rings. The number of benzene rings is 1. The highest BCUT2D eigenvalue weighted by atomic mass is 32.1. The summed E-state index contributed by atoms with van der Waals surface area (Å²) in [6.07, 6.45) is 3.00. The van der Waals surface area contributed by atoms with Gasteiger partial charge in [-0.25, -0.2) is 4.79 Å². The van der Waals surface area contributed by atoms with Crippen molar-refractivity contribution in [2.45, 2.75) is 25.4 Å². The van der Waals surface area contributed by atoms with Crippen LogP contribution >= 0.6 is 11.3 Å². The third-order valence-electron chi connectivity index (χ3n) is 4.16. The second kappa shape index (κ2) is 10.1. The molecule has 1 aromatic heterocycles. The first-order chi connectivity index (χ1) is 13.2. The molecule has 1 aromatic carbocycles. The molecular weight excluding hydrogens is 366 g/mol. The van der Waals surface area contributed by atoms with Gasteiger partial charge < -0.3 is 19.5 Å². The third kappa shape index (κ3) is 6.37. The molecule has 1 aliphatic rings. The molecule has 6 nitrogen and oxygen atoms in total. The lowest BCUT2D eigenvalue weighted by Crippen LogP contribution is -2.30. The summed E-state index contributed by atoms with van der Waals surface area (Å²) in [5.74, 6) is -0.168. The van der Waals surface area contributed by atoms with Gasteiger partial charge in [0.15, 0.2) is 6.61 Å². The van der Waals surface area contributed by atoms with Gasteiger partial charge in [0.1, 0.15) is 12.4 Å². The van der Waals surface area contributed by atoms with E-state index in [0.717, 1.165) is 25.9 Å². The monoisotopic (exact) mass is 389 g/mol. The molecule has 144 valence electrons. The zero-order valence-electron chi connectivity index (χ0n) is 15.0. The number of ether oxygens (including phenoxy) is 3. The molecule has 0 unspecified atom stereocenters. The van der Waals surface area contributed by atoms with Crippen molar-refractivity contribution in [1.82, 2.24) is 5.32 Å². The third-order valence-corrected chi connectivity index (χ3v) is 5.09. The van der Waals surface area contributed by atoms with Crippen LogP contribution in [0.4, 0.5) is 0 Å². The molecule has 0 aliphatic carbocycles. The summed E-state index contributed by atoms with van der Waals surface area (Å²) < 4.78 is 16.2. The summed E-state index contributed by atoms with van der Waals surface area (Å²) in [5, 5.41) is 4.74. The van der Waals surface area contributed by atoms with Gasteiger partial charge in [-0.2, -0.15) is 0 Å². The van der Waals surface area contributed by atoms with Gasteiger partial charge in [0, 0.05) is 18.0 Å². The van der Waals surface area contributed by atoms with Gasteiger partial charge in [-0.1, -0.05) is 6.07 Å². The lowest BCUT2D eigenvalue weighted by Gasteiger charge is -2.11. The number of thiophene rings is 1. The van der Waals surface area contributed by atoms with E-state index in [-0.39, 0.29) is 18.6 Å². The molecule has 0 spiro atoms. The van der Waals surface area contributed by atoms with E-state index in [0.29, 0.717) is 24.5 Å². The topological polar surface area (TPSA) is 73.9 Å². The van der Waals surface area contributed by atoms with Crippen molar-refractivity contribution in [2.24, 2.45) is 0 Å². The molecule has 1 atom stereocenters. The summed E-state index contributed by atoms with van der Waals surface area (Å²) in [4.78, 5) is 25.0. The highest BCUT2D eigenvalue weighted by molar-refractivity contribution is 7.09. The van der Waals surface area contributed by atoms with E-state index in [1.807, 2.05) is 17.5 Å². The Morgan fingerprint density at radius 2 is 2.07 bits per heavy atom. The van der Waals surface area contributed by atoms with E-state index >= 15 is 0 Å². The Bertz CT molecular complexity index is 723. The first kappa shape index (κ1) is 19.4. The van der Waals surface area contributed by atoms with Gasteiger partial charge in [0.2, 0.25) is 0 Å². The fourth-order valence-electron chi connectivity index (χ4n) is 2.70. The lowest BCUT2D eigenvalue weighted by molar-refractivity contribution is -0.124. The van der Waals surface area contributed by atoms with Crippen LogP contribution in [0.15, 0.2) is 41.8 Å². The second-order valence-corrected chi connectivity index (χ2v) is 7.26. The summed E-state index contributed by atoms with van der Waals surface area (Å²) >= 11 is 1.65. The number of esters is 1. The van der Waals surface area contributed by atoms with Crippen molar-refractivity contribution in [3.63, 3.8) is 0 Å². The van der Waals surface area contributed by atoms with Crippen molar-refractivity contribution in [3.8, 4) is 5.75 Å². The van der Waals surface area contributed by atoms with Crippen LogP contribution in [-0.4, -0.2) is 44.3 Å². The highest BCUT2D eigenvalue weighted by Gasteiger charge is 2.16. The molecule has 1 N–H and O–H groups in total. The number of hydrogen-bond donors (Lipinski definition) is 1. The van der Waals surface area contributed by atoms with Crippen LogP contribution in [0.1, 0.15) is 28.1 Å². The average Bonchev–Trinajstić information content (AvgIpc) is 3.39. The zero-order chi connectivity index (χ0) is 18.9. The van der Waals surface area contributed by atoms with Crippen LogP contribution in [0.2, 0.25) is 0 Å². The fourth-order valence-corrected chi connectivity index (χ4v) is 3.41. The number of carbonyl (C=O) groups excluding carboxylic acids is 2. The Morgan fingerprint density at radius 3 is 2.78 bits per heavy atom. The fraction of sp³-hybridized carbons (Fsp3) is 0.400. The standard InChI is InChI=1S/C20H23NO5S/c22-19(21-10-9-18-4-2-12-27-18)14-26-20(23)15-5-7-16(8-6-15)25-13-17-3-1-11-24-17/h2,4-8,12,17H,1,3,9-11,13-14H2,(H,21,22)/t17-/m1/s1. The molecule has 0 bridgehead atoms. The van der Waals surface area contributed by atoms with Crippen molar-refractivity contribution < 1.29 is 23.8 Å². The Morgan fingerprint density at radius 1 is 1.22 bits per heavy atom. The number of amides is 1. The molecule has 1 saturated heterocycles. The van der Waals surface area contributed by atoms with Crippen molar-refractivity contribution in [1.29, 1.82) is 0 Å². The van der Waals surface area contributed by atoms with E-state index in [4.69, 9.17) is 14.2 Å². The van der Waals surface area contributed by atoms with Crippen molar-refractivity contribution >= 4 is 23.2 Å². The molecule has 0 radical (unpaired) electrons. The van der Waals surface area contributed by atoms with Crippen LogP contribution in [0.3, 0.4) is 0 Å². The number of rotatable bonds is 9. The second-order valence-electron chi connectivity index (χ2n) is 6.23. The summed E-state index contributed by atoms with van der Waals surface area (Å²) in [5.41, 5.74) is 0.380. The largest absolute Gasteiger partial charge is 0.491 e. The number of hydrogen-bond acceptors (Lipinski definition) is 6. The van der Waals surface area contributed by atoms with Crippen LogP contribution in [0.25, 0.3) is 0 Å². The maximum atomic E-state index is 12.0. The number of carbonyl (C=O) groups is 2.